The fourth-order valence-corrected chi connectivity index (χ4v) is 3.49. The third-order valence-electron chi connectivity index (χ3n) is 2.35. The van der Waals surface area contributed by atoms with E-state index in [1.165, 1.54) is 5.56 Å². The molecular weight excluding hydrogens is 168 g/mol. The summed E-state index contributed by atoms with van der Waals surface area (Å²) in [6.07, 6.45) is 0. The van der Waals surface area contributed by atoms with Gasteiger partial charge in [-0.25, -0.2) is 0 Å². The Morgan fingerprint density at radius 2 is 2.00 bits per heavy atom. The summed E-state index contributed by atoms with van der Waals surface area (Å²) in [6, 6.07) is 8.03. The van der Waals surface area contributed by atoms with Crippen LogP contribution in [0.15, 0.2) is 29.2 Å². The van der Waals surface area contributed by atoms with Crippen molar-refractivity contribution in [2.75, 3.05) is 5.75 Å². The minimum atomic E-state index is -0.767. The van der Waals surface area contributed by atoms with Crippen molar-refractivity contribution in [2.45, 2.75) is 24.2 Å². The van der Waals surface area contributed by atoms with E-state index >= 15 is 0 Å². The lowest BCUT2D eigenvalue weighted by atomic mass is 9.87. The number of fused-ring (bicyclic) bond motifs is 1. The topological polar surface area (TPSA) is 17.1 Å². The second-order valence-electron chi connectivity index (χ2n) is 3.87. The van der Waals surface area contributed by atoms with Crippen LogP contribution in [0.3, 0.4) is 0 Å². The minimum Gasteiger partial charge on any atom is -0.254 e. The number of rotatable bonds is 0. The zero-order chi connectivity index (χ0) is 8.77. The van der Waals surface area contributed by atoms with Crippen LogP contribution in [-0.4, -0.2) is 9.96 Å². The van der Waals surface area contributed by atoms with Crippen molar-refractivity contribution in [2.24, 2.45) is 0 Å². The maximum Gasteiger partial charge on any atom is 0.0541 e. The summed E-state index contributed by atoms with van der Waals surface area (Å²) in [7, 11) is -0.767. The molecule has 1 aromatic rings. The molecule has 12 heavy (non-hydrogen) atoms. The van der Waals surface area contributed by atoms with Crippen LogP contribution in [0.25, 0.3) is 0 Å². The van der Waals surface area contributed by atoms with Crippen molar-refractivity contribution in [3.05, 3.63) is 29.8 Å². The maximum atomic E-state index is 11.6. The zero-order valence-electron chi connectivity index (χ0n) is 7.33. The highest BCUT2D eigenvalue weighted by Gasteiger charge is 2.34. The Bertz CT molecular complexity index is 341. The molecule has 64 valence electrons. The van der Waals surface area contributed by atoms with Gasteiger partial charge in [0.2, 0.25) is 0 Å². The molecule has 0 aromatic heterocycles. The Morgan fingerprint density at radius 1 is 1.33 bits per heavy atom. The third-order valence-corrected chi connectivity index (χ3v) is 4.18. The normalized spacial score (nSPS) is 25.3. The Kier molecular flexibility index (Phi) is 1.62. The molecular formula is C10H12OS. The third kappa shape index (κ3) is 1.02. The smallest absolute Gasteiger partial charge is 0.0541 e. The Morgan fingerprint density at radius 3 is 2.67 bits per heavy atom. The average Bonchev–Trinajstić information content (AvgIpc) is 2.25. The monoisotopic (exact) mass is 180 g/mol. The highest BCUT2D eigenvalue weighted by Crippen LogP contribution is 2.36. The molecule has 1 aliphatic rings. The average molecular weight is 180 g/mol. The molecule has 0 saturated heterocycles. The van der Waals surface area contributed by atoms with Gasteiger partial charge in [-0.1, -0.05) is 32.0 Å². The van der Waals surface area contributed by atoms with Crippen molar-refractivity contribution < 1.29 is 4.21 Å². The second kappa shape index (κ2) is 2.43. The van der Waals surface area contributed by atoms with Crippen LogP contribution in [0.5, 0.6) is 0 Å². The molecule has 0 amide bonds. The van der Waals surface area contributed by atoms with E-state index in [1.807, 2.05) is 18.2 Å². The predicted molar refractivity (Wildman–Crippen MR) is 50.7 cm³/mol. The van der Waals surface area contributed by atoms with Gasteiger partial charge in [0, 0.05) is 16.1 Å². The molecule has 1 aromatic carbocycles. The summed E-state index contributed by atoms with van der Waals surface area (Å²) in [4.78, 5) is 1.03. The van der Waals surface area contributed by atoms with E-state index in [0.29, 0.717) is 0 Å². The Labute approximate surface area is 75.3 Å². The van der Waals surface area contributed by atoms with E-state index in [-0.39, 0.29) is 5.41 Å². The first-order chi connectivity index (χ1) is 5.61. The lowest BCUT2D eigenvalue weighted by Gasteiger charge is -2.16. The van der Waals surface area contributed by atoms with Gasteiger partial charge in [-0.15, -0.1) is 0 Å². The van der Waals surface area contributed by atoms with Gasteiger partial charge in [0.15, 0.2) is 0 Å². The first kappa shape index (κ1) is 7.99. The summed E-state index contributed by atoms with van der Waals surface area (Å²) in [5, 5.41) is 0. The van der Waals surface area contributed by atoms with Gasteiger partial charge in [-0.2, -0.15) is 0 Å². The molecule has 0 fully saturated rings. The van der Waals surface area contributed by atoms with Gasteiger partial charge in [0.05, 0.1) is 10.8 Å². The van der Waals surface area contributed by atoms with Crippen LogP contribution in [-0.2, 0) is 16.2 Å². The molecule has 0 spiro atoms. The van der Waals surface area contributed by atoms with Crippen LogP contribution in [0, 0.1) is 0 Å². The quantitative estimate of drug-likeness (QED) is 0.597. The van der Waals surface area contributed by atoms with Gasteiger partial charge in [-0.3, -0.25) is 4.21 Å². The van der Waals surface area contributed by atoms with Gasteiger partial charge < -0.3 is 0 Å². The zero-order valence-corrected chi connectivity index (χ0v) is 8.15. The summed E-state index contributed by atoms with van der Waals surface area (Å²) in [5.74, 6) is 0.770. The molecule has 0 bridgehead atoms. The molecule has 1 nitrogen and oxygen atoms in total. The predicted octanol–water partition coefficient (Wildman–Crippen LogP) is 2.09. The van der Waals surface area contributed by atoms with Crippen LogP contribution in [0.1, 0.15) is 19.4 Å². The van der Waals surface area contributed by atoms with Crippen LogP contribution in [0.2, 0.25) is 0 Å². The van der Waals surface area contributed by atoms with E-state index < -0.39 is 10.8 Å². The van der Waals surface area contributed by atoms with E-state index in [1.54, 1.807) is 0 Å². The molecule has 1 unspecified atom stereocenters. The fraction of sp³-hybridized carbons (Fsp3) is 0.400. The highest BCUT2D eigenvalue weighted by molar-refractivity contribution is 7.85. The highest BCUT2D eigenvalue weighted by atomic mass is 32.2. The van der Waals surface area contributed by atoms with Crippen molar-refractivity contribution in [3.63, 3.8) is 0 Å². The van der Waals surface area contributed by atoms with E-state index in [9.17, 15) is 4.21 Å². The Balaban J connectivity index is 2.66. The number of hydrogen-bond acceptors (Lipinski definition) is 1. The van der Waals surface area contributed by atoms with Crippen molar-refractivity contribution in [1.82, 2.24) is 0 Å². The molecule has 2 heteroatoms. The molecule has 0 saturated carbocycles. The summed E-state index contributed by atoms with van der Waals surface area (Å²) in [6.45, 7) is 4.30. The molecule has 2 rings (SSSR count). The Hall–Kier alpha value is -0.630. The first-order valence-corrected chi connectivity index (χ1v) is 5.41. The van der Waals surface area contributed by atoms with Crippen molar-refractivity contribution in [1.29, 1.82) is 0 Å². The second-order valence-corrected chi connectivity index (χ2v) is 5.29. The number of hydrogen-bond donors (Lipinski definition) is 0. The molecule has 0 aliphatic carbocycles. The van der Waals surface area contributed by atoms with Crippen LogP contribution < -0.4 is 0 Å². The summed E-state index contributed by atoms with van der Waals surface area (Å²) < 4.78 is 11.6. The van der Waals surface area contributed by atoms with E-state index in [4.69, 9.17) is 0 Å². The molecule has 0 radical (unpaired) electrons. The lowest BCUT2D eigenvalue weighted by molar-refractivity contribution is 0.599. The fourth-order valence-electron chi connectivity index (χ4n) is 1.71. The van der Waals surface area contributed by atoms with Crippen molar-refractivity contribution >= 4 is 10.8 Å². The molecule has 1 atom stereocenters. The minimum absolute atomic E-state index is 0.0987. The molecule has 0 N–H and O–H groups in total. The molecule has 1 heterocycles. The summed E-state index contributed by atoms with van der Waals surface area (Å²) >= 11 is 0. The van der Waals surface area contributed by atoms with Crippen LogP contribution in [0.4, 0.5) is 0 Å². The van der Waals surface area contributed by atoms with E-state index in [0.717, 1.165) is 10.6 Å². The van der Waals surface area contributed by atoms with Gasteiger partial charge in [-0.05, 0) is 11.6 Å². The van der Waals surface area contributed by atoms with Gasteiger partial charge >= 0.3 is 0 Å². The van der Waals surface area contributed by atoms with E-state index in [2.05, 4.69) is 19.9 Å². The standard InChI is InChI=1S/C10H12OS/c1-10(2)7-12(11)9-6-4-3-5-8(9)10/h3-6H,7H2,1-2H3. The van der Waals surface area contributed by atoms with Crippen molar-refractivity contribution in [3.8, 4) is 0 Å². The largest absolute Gasteiger partial charge is 0.254 e. The maximum absolute atomic E-state index is 11.6. The first-order valence-electron chi connectivity index (χ1n) is 4.09. The summed E-state index contributed by atoms with van der Waals surface area (Å²) in [5.41, 5.74) is 1.35. The van der Waals surface area contributed by atoms with Crippen LogP contribution >= 0.6 is 0 Å². The van der Waals surface area contributed by atoms with Gasteiger partial charge in [0.1, 0.15) is 0 Å². The molecule has 1 aliphatic heterocycles. The number of benzene rings is 1. The van der Waals surface area contributed by atoms with Gasteiger partial charge in [0.25, 0.3) is 0 Å². The lowest BCUT2D eigenvalue weighted by Crippen LogP contribution is -2.17. The SMILES string of the molecule is CC1(C)CS(=O)c2ccccc21.